The first kappa shape index (κ1) is 24.2. The molecule has 4 aromatic rings. The molecule has 1 amide bonds. The molecule has 180 valence electrons. The summed E-state index contributed by atoms with van der Waals surface area (Å²) in [5, 5.41) is 3.37. The molecule has 0 atom stereocenters. The monoisotopic (exact) mass is 492 g/mol. The summed E-state index contributed by atoms with van der Waals surface area (Å²) >= 11 is 6.49. The molecule has 8 nitrogen and oxygen atoms in total. The average Bonchev–Trinajstić information content (AvgIpc) is 3.18. The van der Waals surface area contributed by atoms with E-state index in [1.807, 2.05) is 50.2 Å². The topological polar surface area (TPSA) is 106 Å². The smallest absolute Gasteiger partial charge is 0.301 e. The molecule has 2 aromatic heterocycles. The summed E-state index contributed by atoms with van der Waals surface area (Å²) in [6.07, 6.45) is 0. The Morgan fingerprint density at radius 2 is 1.66 bits per heavy atom. The van der Waals surface area contributed by atoms with Crippen molar-refractivity contribution in [1.29, 1.82) is 0 Å². The molecule has 0 unspecified atom stereocenters. The van der Waals surface area contributed by atoms with Crippen molar-refractivity contribution in [3.63, 3.8) is 0 Å². The van der Waals surface area contributed by atoms with Gasteiger partial charge in [-0.3, -0.25) is 9.59 Å². The number of aromatic nitrogens is 3. The Morgan fingerprint density at radius 1 is 1.00 bits per heavy atom. The summed E-state index contributed by atoms with van der Waals surface area (Å²) in [5.74, 6) is 1.02. The van der Waals surface area contributed by atoms with Gasteiger partial charge in [0.1, 0.15) is 18.1 Å². The predicted molar refractivity (Wildman–Crippen MR) is 134 cm³/mol. The van der Waals surface area contributed by atoms with Gasteiger partial charge in [0.05, 0.1) is 21.8 Å². The van der Waals surface area contributed by atoms with E-state index < -0.39 is 5.54 Å². The molecule has 0 spiro atoms. The normalized spacial score (nSPS) is 11.3. The number of ether oxygens (including phenoxy) is 2. The van der Waals surface area contributed by atoms with Crippen molar-refractivity contribution in [1.82, 2.24) is 20.3 Å². The van der Waals surface area contributed by atoms with Gasteiger partial charge in [-0.15, -0.1) is 0 Å². The first-order valence-electron chi connectivity index (χ1n) is 11.0. The van der Waals surface area contributed by atoms with E-state index in [-0.39, 0.29) is 24.3 Å². The SMILES string of the molecule is CC(=O)COc1ccc(-c2nc3nc(Oc4ccc(C(C)(C)NC(C)=O)cc4)[nH]c3cc2Cl)cc1. The Morgan fingerprint density at radius 3 is 2.29 bits per heavy atom. The Bertz CT molecular complexity index is 1380. The lowest BCUT2D eigenvalue weighted by molar-refractivity contribution is -0.121. The number of aromatic amines is 1. The van der Waals surface area contributed by atoms with Crippen LogP contribution >= 0.6 is 11.6 Å². The summed E-state index contributed by atoms with van der Waals surface area (Å²) in [4.78, 5) is 34.7. The molecule has 0 saturated carbocycles. The minimum atomic E-state index is -0.501. The lowest BCUT2D eigenvalue weighted by atomic mass is 9.94. The van der Waals surface area contributed by atoms with E-state index in [0.29, 0.717) is 33.4 Å². The number of pyridine rings is 1. The van der Waals surface area contributed by atoms with Gasteiger partial charge in [0, 0.05) is 12.5 Å². The number of rotatable bonds is 8. The molecular formula is C26H25ClN4O4. The highest BCUT2D eigenvalue weighted by Crippen LogP contribution is 2.31. The van der Waals surface area contributed by atoms with Crippen LogP contribution in [-0.4, -0.2) is 33.2 Å². The molecule has 2 aromatic carbocycles. The number of hydrogen-bond donors (Lipinski definition) is 2. The van der Waals surface area contributed by atoms with Crippen LogP contribution in [0.1, 0.15) is 33.3 Å². The highest BCUT2D eigenvalue weighted by molar-refractivity contribution is 6.33. The van der Waals surface area contributed by atoms with E-state index in [1.165, 1.54) is 13.8 Å². The number of imidazole rings is 1. The van der Waals surface area contributed by atoms with E-state index >= 15 is 0 Å². The van der Waals surface area contributed by atoms with E-state index in [9.17, 15) is 9.59 Å². The molecule has 0 radical (unpaired) electrons. The summed E-state index contributed by atoms with van der Waals surface area (Å²) in [6.45, 7) is 6.86. The first-order chi connectivity index (χ1) is 16.6. The lowest BCUT2D eigenvalue weighted by Crippen LogP contribution is -2.39. The van der Waals surface area contributed by atoms with Crippen LogP contribution in [0.3, 0.4) is 0 Å². The Kier molecular flexibility index (Phi) is 6.75. The fourth-order valence-corrected chi connectivity index (χ4v) is 3.86. The molecule has 2 heterocycles. The van der Waals surface area contributed by atoms with Crippen molar-refractivity contribution in [3.05, 3.63) is 65.2 Å². The first-order valence-corrected chi connectivity index (χ1v) is 11.3. The second-order valence-corrected chi connectivity index (χ2v) is 9.09. The summed E-state index contributed by atoms with van der Waals surface area (Å²) in [5.41, 5.74) is 2.90. The van der Waals surface area contributed by atoms with Crippen LogP contribution in [0.4, 0.5) is 0 Å². The minimum Gasteiger partial charge on any atom is -0.486 e. The quantitative estimate of drug-likeness (QED) is 0.340. The van der Waals surface area contributed by atoms with Gasteiger partial charge in [-0.25, -0.2) is 4.98 Å². The zero-order valence-corrected chi connectivity index (χ0v) is 20.6. The number of carbonyl (C=O) groups excluding carboxylic acids is 2. The Balaban J connectivity index is 1.52. The standard InChI is InChI=1S/C26H25ClN4O4/c1-15(32)14-34-19-9-5-17(6-10-19)23-21(27)13-22-24(29-23)30-25(28-22)35-20-11-7-18(8-12-20)26(3,4)31-16(2)33/h5-13H,14H2,1-4H3,(H,31,33)(H,28,29,30). The highest BCUT2D eigenvalue weighted by atomic mass is 35.5. The average molecular weight is 493 g/mol. The number of nitrogens with one attached hydrogen (secondary N) is 2. The fraction of sp³-hybridized carbons (Fsp3) is 0.231. The number of hydrogen-bond acceptors (Lipinski definition) is 6. The number of amides is 1. The van der Waals surface area contributed by atoms with E-state index in [4.69, 9.17) is 21.1 Å². The van der Waals surface area contributed by atoms with E-state index in [0.717, 1.165) is 11.1 Å². The molecule has 2 N–H and O–H groups in total. The number of nitrogens with zero attached hydrogens (tertiary/aromatic N) is 2. The number of carbonyl (C=O) groups is 2. The largest absolute Gasteiger partial charge is 0.486 e. The van der Waals surface area contributed by atoms with E-state index in [2.05, 4.69) is 20.3 Å². The number of halogens is 1. The molecule has 9 heteroatoms. The molecule has 0 saturated heterocycles. The number of fused-ring (bicyclic) bond motifs is 1. The third kappa shape index (κ3) is 5.78. The predicted octanol–water partition coefficient (Wildman–Crippen LogP) is 5.41. The van der Waals surface area contributed by atoms with Gasteiger partial charge < -0.3 is 19.8 Å². The van der Waals surface area contributed by atoms with Crippen molar-refractivity contribution in [2.45, 2.75) is 33.2 Å². The van der Waals surface area contributed by atoms with Crippen LogP contribution in [0, 0.1) is 0 Å². The van der Waals surface area contributed by atoms with Crippen molar-refractivity contribution in [3.8, 4) is 28.8 Å². The molecular weight excluding hydrogens is 468 g/mol. The van der Waals surface area contributed by atoms with Gasteiger partial charge in [-0.2, -0.15) is 4.98 Å². The van der Waals surface area contributed by atoms with Crippen LogP contribution in [0.5, 0.6) is 17.5 Å². The van der Waals surface area contributed by atoms with Gasteiger partial charge in [-0.1, -0.05) is 23.7 Å². The minimum absolute atomic E-state index is 0.0240. The highest BCUT2D eigenvalue weighted by Gasteiger charge is 2.21. The zero-order valence-electron chi connectivity index (χ0n) is 19.8. The lowest BCUT2D eigenvalue weighted by Gasteiger charge is -2.26. The second kappa shape index (κ2) is 9.76. The number of benzene rings is 2. The summed E-state index contributed by atoms with van der Waals surface area (Å²) in [7, 11) is 0. The van der Waals surface area contributed by atoms with Crippen molar-refractivity contribution in [2.75, 3.05) is 6.61 Å². The summed E-state index contributed by atoms with van der Waals surface area (Å²) in [6, 6.07) is 16.6. The number of Topliss-reactive ketones (excluding diaryl/α,β-unsaturated/α-hetero) is 1. The third-order valence-electron chi connectivity index (χ3n) is 5.25. The Labute approximate surface area is 207 Å². The number of ketones is 1. The Hall–Kier alpha value is -3.91. The van der Waals surface area contributed by atoms with Gasteiger partial charge in [0.2, 0.25) is 5.91 Å². The molecule has 0 fully saturated rings. The van der Waals surface area contributed by atoms with Gasteiger partial charge in [0.25, 0.3) is 0 Å². The van der Waals surface area contributed by atoms with Gasteiger partial charge in [0.15, 0.2) is 11.4 Å². The van der Waals surface area contributed by atoms with Crippen molar-refractivity contribution >= 4 is 34.5 Å². The number of H-pyrrole nitrogens is 1. The fourth-order valence-electron chi connectivity index (χ4n) is 3.60. The van der Waals surface area contributed by atoms with Crippen molar-refractivity contribution in [2.24, 2.45) is 0 Å². The van der Waals surface area contributed by atoms with E-state index in [1.54, 1.807) is 18.2 Å². The van der Waals surface area contributed by atoms with Crippen LogP contribution in [0.25, 0.3) is 22.4 Å². The maximum atomic E-state index is 11.4. The van der Waals surface area contributed by atoms with Crippen LogP contribution in [-0.2, 0) is 15.1 Å². The maximum Gasteiger partial charge on any atom is 0.301 e. The molecule has 0 aliphatic rings. The molecule has 0 bridgehead atoms. The zero-order chi connectivity index (χ0) is 25.2. The summed E-state index contributed by atoms with van der Waals surface area (Å²) < 4.78 is 11.3. The molecule has 4 rings (SSSR count). The van der Waals surface area contributed by atoms with Gasteiger partial charge in [-0.05, 0) is 68.8 Å². The maximum absolute atomic E-state index is 11.4. The van der Waals surface area contributed by atoms with Crippen molar-refractivity contribution < 1.29 is 19.1 Å². The molecule has 35 heavy (non-hydrogen) atoms. The van der Waals surface area contributed by atoms with Crippen LogP contribution in [0.15, 0.2) is 54.6 Å². The second-order valence-electron chi connectivity index (χ2n) is 8.68. The molecule has 0 aliphatic carbocycles. The van der Waals surface area contributed by atoms with Gasteiger partial charge >= 0.3 is 6.01 Å². The third-order valence-corrected chi connectivity index (χ3v) is 5.54. The van der Waals surface area contributed by atoms with Crippen LogP contribution < -0.4 is 14.8 Å². The van der Waals surface area contributed by atoms with Crippen LogP contribution in [0.2, 0.25) is 5.02 Å². The molecule has 0 aliphatic heterocycles.